The van der Waals surface area contributed by atoms with E-state index in [0.29, 0.717) is 11.4 Å². The molecule has 0 spiro atoms. The molecule has 2 rings (SSSR count). The second-order valence-corrected chi connectivity index (χ2v) is 9.17. The Kier molecular flexibility index (Phi) is 8.95. The van der Waals surface area contributed by atoms with E-state index in [0.717, 1.165) is 37.2 Å². The number of thiophene rings is 1. The fourth-order valence-electron chi connectivity index (χ4n) is 2.69. The first-order chi connectivity index (χ1) is 14.1. The predicted octanol–water partition coefficient (Wildman–Crippen LogP) is 3.96. The van der Waals surface area contributed by atoms with Crippen molar-refractivity contribution in [3.8, 4) is 0 Å². The maximum Gasteiger partial charge on any atom is 0.412 e. The summed E-state index contributed by atoms with van der Waals surface area (Å²) in [6.45, 7) is 8.12. The van der Waals surface area contributed by atoms with Crippen LogP contribution in [0.15, 0.2) is 29.1 Å². The smallest absolute Gasteiger partial charge is 0.412 e. The van der Waals surface area contributed by atoms with E-state index in [-0.39, 0.29) is 12.2 Å². The van der Waals surface area contributed by atoms with Crippen LogP contribution >= 0.6 is 11.3 Å². The van der Waals surface area contributed by atoms with Gasteiger partial charge < -0.3 is 15.0 Å². The summed E-state index contributed by atoms with van der Waals surface area (Å²) in [4.78, 5) is 31.1. The third-order valence-electron chi connectivity index (χ3n) is 4.13. The van der Waals surface area contributed by atoms with Gasteiger partial charge in [-0.15, -0.1) is 11.3 Å². The molecule has 0 atom stereocenters. The van der Waals surface area contributed by atoms with Gasteiger partial charge >= 0.3 is 6.09 Å². The Labute approximate surface area is 182 Å². The lowest BCUT2D eigenvalue weighted by atomic mass is 10.1. The Hall–Kier alpha value is -2.29. The molecule has 2 aromatic rings. The average Bonchev–Trinajstić information content (AvgIpc) is 3.06. The molecule has 0 aromatic carbocycles. The van der Waals surface area contributed by atoms with E-state index in [2.05, 4.69) is 34.6 Å². The number of amides is 1. The van der Waals surface area contributed by atoms with Crippen molar-refractivity contribution in [3.63, 3.8) is 0 Å². The first-order valence-corrected chi connectivity index (χ1v) is 11.0. The lowest BCUT2D eigenvalue weighted by Gasteiger charge is -2.19. The van der Waals surface area contributed by atoms with Gasteiger partial charge in [0.05, 0.1) is 5.69 Å². The van der Waals surface area contributed by atoms with E-state index in [1.165, 1.54) is 11.3 Å². The van der Waals surface area contributed by atoms with Crippen molar-refractivity contribution in [3.05, 3.63) is 45.9 Å². The zero-order valence-electron chi connectivity index (χ0n) is 18.4. The molecule has 2 aromatic heterocycles. The lowest BCUT2D eigenvalue weighted by Crippen LogP contribution is -2.27. The maximum atomic E-state index is 12.6. The lowest BCUT2D eigenvalue weighted by molar-refractivity contribution is 0.0635. The highest BCUT2D eigenvalue weighted by atomic mass is 32.1. The molecular formula is C22H32N4O3S. The van der Waals surface area contributed by atoms with Gasteiger partial charge in [0, 0.05) is 24.5 Å². The van der Waals surface area contributed by atoms with Crippen LogP contribution in [0.25, 0.3) is 0 Å². The molecule has 30 heavy (non-hydrogen) atoms. The number of pyridine rings is 1. The second-order valence-electron chi connectivity index (χ2n) is 8.42. The minimum Gasteiger partial charge on any atom is -0.444 e. The zero-order valence-corrected chi connectivity index (χ0v) is 19.3. The molecule has 0 aliphatic carbocycles. The highest BCUT2D eigenvalue weighted by Gasteiger charge is 2.19. The summed E-state index contributed by atoms with van der Waals surface area (Å²) >= 11 is 1.43. The summed E-state index contributed by atoms with van der Waals surface area (Å²) in [6, 6.07) is 3.68. The van der Waals surface area contributed by atoms with Crippen molar-refractivity contribution >= 4 is 28.9 Å². The standard InChI is InChI=1S/C22H32N4O3S/c1-22(2,3)29-21(28)25-19-15-30-14-17(19)11-20(27)18-8-7-16(13-24-18)12-23-9-6-10-26(4)5/h7-8,13-15,23H,6,9-12H2,1-5H3,(H,25,28). The average molecular weight is 433 g/mol. The summed E-state index contributed by atoms with van der Waals surface area (Å²) in [5.41, 5.74) is 2.23. The number of carbonyl (C=O) groups excluding carboxylic acids is 2. The molecule has 0 bridgehead atoms. The number of nitrogens with zero attached hydrogens (tertiary/aromatic N) is 2. The Morgan fingerprint density at radius 1 is 1.20 bits per heavy atom. The minimum absolute atomic E-state index is 0.0915. The molecule has 1 amide bonds. The van der Waals surface area contributed by atoms with Gasteiger partial charge in [0.25, 0.3) is 0 Å². The number of anilines is 1. The third kappa shape index (κ3) is 8.61. The second kappa shape index (κ2) is 11.2. The van der Waals surface area contributed by atoms with E-state index in [1.807, 2.05) is 11.4 Å². The van der Waals surface area contributed by atoms with Crippen molar-refractivity contribution < 1.29 is 14.3 Å². The molecule has 0 saturated heterocycles. The molecule has 0 unspecified atom stereocenters. The molecule has 0 aliphatic heterocycles. The Morgan fingerprint density at radius 2 is 1.97 bits per heavy atom. The fourth-order valence-corrected chi connectivity index (χ4v) is 3.48. The SMILES string of the molecule is CN(C)CCCNCc1ccc(C(=O)Cc2cscc2NC(=O)OC(C)(C)C)nc1. The number of rotatable bonds is 10. The number of hydrogen-bond acceptors (Lipinski definition) is 7. The van der Waals surface area contributed by atoms with Crippen LogP contribution in [0.1, 0.15) is 48.8 Å². The molecule has 0 fully saturated rings. The summed E-state index contributed by atoms with van der Waals surface area (Å²) in [5, 5.41) is 9.75. The van der Waals surface area contributed by atoms with E-state index in [9.17, 15) is 9.59 Å². The summed E-state index contributed by atoms with van der Waals surface area (Å²) in [6.07, 6.45) is 2.45. The predicted molar refractivity (Wildman–Crippen MR) is 121 cm³/mol. The summed E-state index contributed by atoms with van der Waals surface area (Å²) in [7, 11) is 4.12. The van der Waals surface area contributed by atoms with Crippen LogP contribution < -0.4 is 10.6 Å². The number of aromatic nitrogens is 1. The van der Waals surface area contributed by atoms with Gasteiger partial charge in [0.2, 0.25) is 0 Å². The number of carbonyl (C=O) groups is 2. The van der Waals surface area contributed by atoms with Crippen LogP contribution in [0.2, 0.25) is 0 Å². The van der Waals surface area contributed by atoms with E-state index in [4.69, 9.17) is 4.74 Å². The number of nitrogens with one attached hydrogen (secondary N) is 2. The normalized spacial score (nSPS) is 11.5. The van der Waals surface area contributed by atoms with Gasteiger partial charge in [0.1, 0.15) is 11.3 Å². The molecule has 0 radical (unpaired) electrons. The van der Waals surface area contributed by atoms with Gasteiger partial charge in [-0.25, -0.2) is 4.79 Å². The van der Waals surface area contributed by atoms with Crippen LogP contribution in [-0.4, -0.2) is 54.5 Å². The van der Waals surface area contributed by atoms with Gasteiger partial charge in [-0.2, -0.15) is 0 Å². The molecule has 2 N–H and O–H groups in total. The van der Waals surface area contributed by atoms with Crippen LogP contribution in [-0.2, 0) is 17.7 Å². The van der Waals surface area contributed by atoms with Crippen molar-refractivity contribution in [2.24, 2.45) is 0 Å². The molecular weight excluding hydrogens is 400 g/mol. The van der Waals surface area contributed by atoms with Crippen LogP contribution in [0.5, 0.6) is 0 Å². The van der Waals surface area contributed by atoms with Crippen molar-refractivity contribution in [2.45, 2.75) is 45.8 Å². The molecule has 0 saturated carbocycles. The largest absolute Gasteiger partial charge is 0.444 e. The van der Waals surface area contributed by atoms with Crippen molar-refractivity contribution in [2.75, 3.05) is 32.5 Å². The van der Waals surface area contributed by atoms with Crippen molar-refractivity contribution in [1.82, 2.24) is 15.2 Å². The van der Waals surface area contributed by atoms with Crippen LogP contribution in [0.3, 0.4) is 0 Å². The van der Waals surface area contributed by atoms with Crippen molar-refractivity contribution in [1.29, 1.82) is 0 Å². The highest BCUT2D eigenvalue weighted by Crippen LogP contribution is 2.23. The third-order valence-corrected chi connectivity index (χ3v) is 4.92. The van der Waals surface area contributed by atoms with Gasteiger partial charge in [-0.1, -0.05) is 6.07 Å². The first kappa shape index (κ1) is 24.0. The number of ether oxygens (including phenoxy) is 1. The van der Waals surface area contributed by atoms with E-state index < -0.39 is 11.7 Å². The van der Waals surface area contributed by atoms with Gasteiger partial charge in [-0.05, 0) is 77.0 Å². The number of ketones is 1. The Balaban J connectivity index is 1.86. The maximum absolute atomic E-state index is 12.6. The molecule has 2 heterocycles. The quantitative estimate of drug-likeness (QED) is 0.437. The topological polar surface area (TPSA) is 83.6 Å². The summed E-state index contributed by atoms with van der Waals surface area (Å²) in [5.74, 6) is -0.0915. The van der Waals surface area contributed by atoms with Crippen LogP contribution in [0.4, 0.5) is 10.5 Å². The first-order valence-electron chi connectivity index (χ1n) is 10.0. The van der Waals surface area contributed by atoms with E-state index in [1.54, 1.807) is 38.4 Å². The molecule has 0 aliphatic rings. The summed E-state index contributed by atoms with van der Waals surface area (Å²) < 4.78 is 5.28. The molecule has 8 heteroatoms. The number of Topliss-reactive ketones (excluding diaryl/α,β-unsaturated/α-hetero) is 1. The molecule has 164 valence electrons. The van der Waals surface area contributed by atoms with Crippen LogP contribution in [0, 0.1) is 0 Å². The Morgan fingerprint density at radius 3 is 2.60 bits per heavy atom. The highest BCUT2D eigenvalue weighted by molar-refractivity contribution is 7.08. The fraction of sp³-hybridized carbons (Fsp3) is 0.500. The van der Waals surface area contributed by atoms with E-state index >= 15 is 0 Å². The Bertz CT molecular complexity index is 826. The molecule has 7 nitrogen and oxygen atoms in total. The minimum atomic E-state index is -0.580. The van der Waals surface area contributed by atoms with Gasteiger partial charge in [-0.3, -0.25) is 15.1 Å². The number of hydrogen-bond donors (Lipinski definition) is 2. The van der Waals surface area contributed by atoms with Gasteiger partial charge in [0.15, 0.2) is 5.78 Å². The monoisotopic (exact) mass is 432 g/mol. The zero-order chi connectivity index (χ0) is 22.1.